The third kappa shape index (κ3) is 6.25. The first kappa shape index (κ1) is 28.6. The van der Waals surface area contributed by atoms with E-state index in [1.807, 2.05) is 6.20 Å². The molecule has 2 spiro atoms. The summed E-state index contributed by atoms with van der Waals surface area (Å²) in [5, 5.41) is 10.4. The molecule has 2 heterocycles. The zero-order valence-electron chi connectivity index (χ0n) is 23.8. The maximum absolute atomic E-state index is 13.3. The molecule has 3 aliphatic rings. The Bertz CT molecular complexity index is 1010. The van der Waals surface area contributed by atoms with E-state index in [4.69, 9.17) is 4.74 Å². The smallest absolute Gasteiger partial charge is 0.327 e. The Morgan fingerprint density at radius 3 is 2.58 bits per heavy atom. The van der Waals surface area contributed by atoms with Crippen molar-refractivity contribution in [3.63, 3.8) is 0 Å². The van der Waals surface area contributed by atoms with E-state index in [9.17, 15) is 14.4 Å². The maximum Gasteiger partial charge on any atom is 0.327 e. The Labute approximate surface area is 227 Å². The SMILES string of the molecule is CCCCNC(=O)NC1CCC2(CC1)CC1(C2)C(=O)N(C)C(=O)N1Cc1cnn(COCC[Si](C)(C)C)c1. The van der Waals surface area contributed by atoms with Crippen LogP contribution in [-0.2, 0) is 22.8 Å². The molecule has 212 valence electrons. The molecule has 0 aromatic carbocycles. The van der Waals surface area contributed by atoms with Crippen LogP contribution < -0.4 is 10.6 Å². The molecular formula is C27H46N6O4Si. The number of amides is 5. The van der Waals surface area contributed by atoms with Gasteiger partial charge in [-0.2, -0.15) is 5.10 Å². The molecule has 1 aromatic heterocycles. The van der Waals surface area contributed by atoms with Crippen LogP contribution in [0.2, 0.25) is 25.7 Å². The summed E-state index contributed by atoms with van der Waals surface area (Å²) < 4.78 is 7.56. The number of aromatic nitrogens is 2. The Kier molecular flexibility index (Phi) is 8.56. The lowest BCUT2D eigenvalue weighted by atomic mass is 9.51. The largest absolute Gasteiger partial charge is 0.360 e. The normalized spacial score (nSPS) is 27.3. The van der Waals surface area contributed by atoms with Crippen LogP contribution in [0.1, 0.15) is 63.9 Å². The molecule has 0 bridgehead atoms. The van der Waals surface area contributed by atoms with Crippen molar-refractivity contribution in [2.75, 3.05) is 20.2 Å². The van der Waals surface area contributed by atoms with Gasteiger partial charge in [-0.25, -0.2) is 14.3 Å². The van der Waals surface area contributed by atoms with Crippen LogP contribution in [0, 0.1) is 5.41 Å². The van der Waals surface area contributed by atoms with Gasteiger partial charge in [0, 0.05) is 46.1 Å². The molecule has 0 unspecified atom stereocenters. The molecule has 2 saturated carbocycles. The zero-order valence-corrected chi connectivity index (χ0v) is 24.8. The fourth-order valence-electron chi connectivity index (χ4n) is 6.25. The highest BCUT2D eigenvalue weighted by Gasteiger charge is 2.67. The number of nitrogens with one attached hydrogen (secondary N) is 2. The molecule has 2 aliphatic carbocycles. The Hall–Kier alpha value is -2.40. The minimum Gasteiger partial charge on any atom is -0.360 e. The highest BCUT2D eigenvalue weighted by atomic mass is 28.3. The molecule has 4 rings (SSSR count). The van der Waals surface area contributed by atoms with Crippen LogP contribution >= 0.6 is 0 Å². The van der Waals surface area contributed by atoms with Gasteiger partial charge in [-0.05, 0) is 56.4 Å². The molecule has 10 nitrogen and oxygen atoms in total. The number of nitrogens with zero attached hydrogens (tertiary/aromatic N) is 4. The van der Waals surface area contributed by atoms with E-state index in [1.54, 1.807) is 22.8 Å². The summed E-state index contributed by atoms with van der Waals surface area (Å²) in [4.78, 5) is 41.6. The molecule has 1 saturated heterocycles. The van der Waals surface area contributed by atoms with Crippen LogP contribution in [0.25, 0.3) is 0 Å². The van der Waals surface area contributed by atoms with E-state index >= 15 is 0 Å². The summed E-state index contributed by atoms with van der Waals surface area (Å²) in [5.41, 5.74) is 0.196. The highest BCUT2D eigenvalue weighted by molar-refractivity contribution is 6.76. The van der Waals surface area contributed by atoms with Crippen molar-refractivity contribution >= 4 is 26.0 Å². The summed E-state index contributed by atoms with van der Waals surface area (Å²) in [6.07, 6.45) is 10.8. The third-order valence-electron chi connectivity index (χ3n) is 8.52. The number of hydrogen-bond donors (Lipinski definition) is 2. The van der Waals surface area contributed by atoms with Gasteiger partial charge in [0.2, 0.25) is 0 Å². The number of carbonyl (C=O) groups is 3. The number of urea groups is 2. The molecule has 1 aromatic rings. The predicted octanol–water partition coefficient (Wildman–Crippen LogP) is 4.15. The van der Waals surface area contributed by atoms with Crippen molar-refractivity contribution in [3.8, 4) is 0 Å². The summed E-state index contributed by atoms with van der Waals surface area (Å²) in [7, 11) is 0.447. The Morgan fingerprint density at radius 1 is 1.21 bits per heavy atom. The molecule has 5 amide bonds. The van der Waals surface area contributed by atoms with Gasteiger partial charge in [0.1, 0.15) is 12.3 Å². The van der Waals surface area contributed by atoms with Crippen LogP contribution in [0.5, 0.6) is 0 Å². The molecule has 1 aliphatic heterocycles. The summed E-state index contributed by atoms with van der Waals surface area (Å²) in [6.45, 7) is 11.2. The van der Waals surface area contributed by atoms with Gasteiger partial charge >= 0.3 is 12.1 Å². The average Bonchev–Trinajstić information content (AvgIpc) is 3.36. The van der Waals surface area contributed by atoms with Crippen LogP contribution in [0.15, 0.2) is 12.4 Å². The first-order chi connectivity index (χ1) is 18.0. The molecule has 0 atom stereocenters. The number of likely N-dealkylation sites (N-methyl/N-ethyl adjacent to an activating group) is 1. The minimum absolute atomic E-state index is 0.0601. The standard InChI is InChI=1S/C27H46N6O4Si/c1-6-7-12-28-24(35)30-22-8-10-26(11-9-22)18-27(19-26)23(34)31(2)25(36)33(27)17-21-15-29-32(16-21)20-37-13-14-38(3,4)5/h15-16,22H,6-14,17-20H2,1-5H3,(H2,28,30,35). The van der Waals surface area contributed by atoms with Crippen LogP contribution in [0.3, 0.4) is 0 Å². The van der Waals surface area contributed by atoms with Gasteiger partial charge in [0.15, 0.2) is 0 Å². The van der Waals surface area contributed by atoms with Gasteiger partial charge in [-0.1, -0.05) is 33.0 Å². The second-order valence-corrected chi connectivity index (χ2v) is 18.5. The van der Waals surface area contributed by atoms with Crippen molar-refractivity contribution < 1.29 is 19.1 Å². The number of carbonyl (C=O) groups excluding carboxylic acids is 3. The molecule has 11 heteroatoms. The third-order valence-corrected chi connectivity index (χ3v) is 10.2. The number of hydrogen-bond acceptors (Lipinski definition) is 5. The van der Waals surface area contributed by atoms with Gasteiger partial charge < -0.3 is 20.3 Å². The van der Waals surface area contributed by atoms with Crippen molar-refractivity contribution in [1.82, 2.24) is 30.2 Å². The molecule has 0 radical (unpaired) electrons. The van der Waals surface area contributed by atoms with Crippen molar-refractivity contribution in [2.45, 2.75) is 109 Å². The molecule has 3 fully saturated rings. The van der Waals surface area contributed by atoms with Crippen molar-refractivity contribution in [2.24, 2.45) is 5.41 Å². The number of unbranched alkanes of at least 4 members (excludes halogenated alkanes) is 1. The molecular weight excluding hydrogens is 500 g/mol. The zero-order chi connectivity index (χ0) is 27.6. The number of ether oxygens (including phenoxy) is 1. The first-order valence-electron chi connectivity index (χ1n) is 14.2. The fraction of sp³-hybridized carbons (Fsp3) is 0.778. The van der Waals surface area contributed by atoms with Crippen LogP contribution in [-0.4, -0.2) is 77.4 Å². The van der Waals surface area contributed by atoms with Crippen molar-refractivity contribution in [3.05, 3.63) is 18.0 Å². The number of rotatable bonds is 11. The van der Waals surface area contributed by atoms with E-state index in [-0.39, 0.29) is 29.4 Å². The second-order valence-electron chi connectivity index (χ2n) is 12.9. The van der Waals surface area contributed by atoms with E-state index in [0.717, 1.165) is 56.7 Å². The second kappa shape index (κ2) is 11.4. The highest BCUT2D eigenvalue weighted by Crippen LogP contribution is 2.61. The summed E-state index contributed by atoms with van der Waals surface area (Å²) in [5.74, 6) is -0.0919. The van der Waals surface area contributed by atoms with E-state index in [1.165, 1.54) is 4.90 Å². The minimum atomic E-state index is -1.14. The van der Waals surface area contributed by atoms with E-state index in [2.05, 4.69) is 42.3 Å². The van der Waals surface area contributed by atoms with E-state index < -0.39 is 13.6 Å². The van der Waals surface area contributed by atoms with E-state index in [0.29, 0.717) is 32.7 Å². The molecule has 2 N–H and O–H groups in total. The topological polar surface area (TPSA) is 109 Å². The summed E-state index contributed by atoms with van der Waals surface area (Å²) >= 11 is 0. The van der Waals surface area contributed by atoms with Gasteiger partial charge in [-0.15, -0.1) is 0 Å². The lowest BCUT2D eigenvalue weighted by Crippen LogP contribution is -2.64. The van der Waals surface area contributed by atoms with Crippen LogP contribution in [0.4, 0.5) is 9.59 Å². The number of imide groups is 1. The van der Waals surface area contributed by atoms with Gasteiger partial charge in [0.25, 0.3) is 5.91 Å². The lowest BCUT2D eigenvalue weighted by molar-refractivity contribution is -0.149. The Balaban J connectivity index is 1.31. The Morgan fingerprint density at radius 2 is 1.92 bits per heavy atom. The first-order valence-corrected chi connectivity index (χ1v) is 17.9. The van der Waals surface area contributed by atoms with Crippen molar-refractivity contribution in [1.29, 1.82) is 0 Å². The monoisotopic (exact) mass is 546 g/mol. The lowest BCUT2D eigenvalue weighted by Gasteiger charge is -2.58. The quantitative estimate of drug-likeness (QED) is 0.246. The molecule has 38 heavy (non-hydrogen) atoms. The fourth-order valence-corrected chi connectivity index (χ4v) is 7.01. The average molecular weight is 547 g/mol. The van der Waals surface area contributed by atoms with Gasteiger partial charge in [0.05, 0.1) is 12.7 Å². The maximum atomic E-state index is 13.3. The summed E-state index contributed by atoms with van der Waals surface area (Å²) in [6, 6.07) is 0.946. The predicted molar refractivity (Wildman–Crippen MR) is 148 cm³/mol. The van der Waals surface area contributed by atoms with Gasteiger partial charge in [-0.3, -0.25) is 9.69 Å².